The lowest BCUT2D eigenvalue weighted by Crippen LogP contribution is -2.38. The Morgan fingerprint density at radius 1 is 1.13 bits per heavy atom. The fourth-order valence-electron chi connectivity index (χ4n) is 4.26. The lowest BCUT2D eigenvalue weighted by atomic mass is 10.0. The molecule has 0 unspecified atom stereocenters. The van der Waals surface area contributed by atoms with Gasteiger partial charge in [0.05, 0.1) is 13.2 Å². The third-order valence-corrected chi connectivity index (χ3v) is 6.06. The second-order valence-corrected chi connectivity index (χ2v) is 8.69. The van der Waals surface area contributed by atoms with E-state index < -0.39 is 0 Å². The molecule has 176 valence electrons. The Kier molecular flexibility index (Phi) is 12.0. The van der Waals surface area contributed by atoms with Crippen molar-refractivity contribution in [2.45, 2.75) is 78.2 Å². The molecule has 0 radical (unpaired) electrons. The summed E-state index contributed by atoms with van der Waals surface area (Å²) in [5.41, 5.74) is 1.97. The van der Waals surface area contributed by atoms with Gasteiger partial charge in [-0.3, -0.25) is 4.79 Å². The first-order chi connectivity index (χ1) is 15.1. The van der Waals surface area contributed by atoms with Gasteiger partial charge in [-0.1, -0.05) is 27.2 Å². The summed E-state index contributed by atoms with van der Waals surface area (Å²) in [6.07, 6.45) is 14.7. The minimum atomic E-state index is 0.261. The molecule has 0 amide bonds. The molecule has 2 aliphatic heterocycles. The van der Waals surface area contributed by atoms with Crippen LogP contribution >= 0.6 is 0 Å². The number of hydrogen-bond donors (Lipinski definition) is 0. The van der Waals surface area contributed by atoms with Crippen molar-refractivity contribution in [1.29, 1.82) is 0 Å². The summed E-state index contributed by atoms with van der Waals surface area (Å²) in [6, 6.07) is 0. The van der Waals surface area contributed by atoms with Crippen LogP contribution in [0.3, 0.4) is 0 Å². The second-order valence-electron chi connectivity index (χ2n) is 8.69. The molecular weight excluding hydrogens is 388 g/mol. The van der Waals surface area contributed by atoms with Crippen LogP contribution in [0, 0.1) is 0 Å². The Labute approximate surface area is 190 Å². The zero-order valence-electron chi connectivity index (χ0n) is 20.3. The van der Waals surface area contributed by atoms with Gasteiger partial charge in [0.25, 0.3) is 0 Å². The fraction of sp³-hybridized carbons (Fsp3) is 0.731. The summed E-state index contributed by atoms with van der Waals surface area (Å²) >= 11 is 0. The summed E-state index contributed by atoms with van der Waals surface area (Å²) in [7, 11) is 1.70. The third kappa shape index (κ3) is 8.82. The number of allylic oxidation sites excluding steroid dienone is 2. The number of ketones is 1. The van der Waals surface area contributed by atoms with E-state index in [1.165, 1.54) is 0 Å². The van der Waals surface area contributed by atoms with Crippen molar-refractivity contribution in [3.63, 3.8) is 0 Å². The molecule has 0 aromatic heterocycles. The first-order valence-electron chi connectivity index (χ1n) is 12.4. The first-order valence-corrected chi connectivity index (χ1v) is 12.4. The van der Waals surface area contributed by atoms with Crippen LogP contribution in [-0.2, 0) is 14.3 Å². The van der Waals surface area contributed by atoms with Gasteiger partial charge in [0.15, 0.2) is 5.78 Å². The van der Waals surface area contributed by atoms with Gasteiger partial charge in [-0.2, -0.15) is 0 Å². The number of carbonyl (C=O) groups excluding carboxylic acids is 1. The van der Waals surface area contributed by atoms with Crippen LogP contribution in [-0.4, -0.2) is 68.1 Å². The normalized spacial score (nSPS) is 19.9. The Morgan fingerprint density at radius 2 is 1.90 bits per heavy atom. The highest BCUT2D eigenvalue weighted by atomic mass is 16.5. The van der Waals surface area contributed by atoms with Gasteiger partial charge in [-0.15, -0.1) is 0 Å². The fourth-order valence-corrected chi connectivity index (χ4v) is 4.26. The minimum absolute atomic E-state index is 0.261. The first kappa shape index (κ1) is 25.7. The molecule has 0 aromatic carbocycles. The molecule has 0 aliphatic carbocycles. The van der Waals surface area contributed by atoms with Crippen molar-refractivity contribution in [1.82, 2.24) is 9.80 Å². The predicted octanol–water partition coefficient (Wildman–Crippen LogP) is 5.09. The van der Waals surface area contributed by atoms with E-state index >= 15 is 0 Å². The van der Waals surface area contributed by atoms with Gasteiger partial charge in [0.2, 0.25) is 0 Å². The lowest BCUT2D eigenvalue weighted by molar-refractivity contribution is -0.115. The largest absolute Gasteiger partial charge is 0.497 e. The van der Waals surface area contributed by atoms with Crippen LogP contribution in [0.1, 0.15) is 72.1 Å². The highest BCUT2D eigenvalue weighted by molar-refractivity contribution is 6.00. The summed E-state index contributed by atoms with van der Waals surface area (Å²) < 4.78 is 11.4. The average molecular weight is 433 g/mol. The molecule has 2 aliphatic rings. The molecule has 1 saturated heterocycles. The van der Waals surface area contributed by atoms with Gasteiger partial charge in [0.1, 0.15) is 5.76 Å². The van der Waals surface area contributed by atoms with Gasteiger partial charge >= 0.3 is 0 Å². The van der Waals surface area contributed by atoms with Crippen molar-refractivity contribution in [3.05, 3.63) is 35.3 Å². The maximum atomic E-state index is 12.8. The number of Topliss-reactive ketones (excluding diaryl/α,β-unsaturated/α-hetero) is 1. The maximum absolute atomic E-state index is 12.8. The summed E-state index contributed by atoms with van der Waals surface area (Å²) in [5, 5.41) is 0. The molecule has 31 heavy (non-hydrogen) atoms. The van der Waals surface area contributed by atoms with Crippen molar-refractivity contribution in [2.75, 3.05) is 46.4 Å². The summed E-state index contributed by atoms with van der Waals surface area (Å²) in [4.78, 5) is 17.7. The summed E-state index contributed by atoms with van der Waals surface area (Å²) in [5.74, 6) is 1.11. The molecule has 2 rings (SSSR count). The maximum Gasteiger partial charge on any atom is 0.164 e. The molecule has 2 heterocycles. The lowest BCUT2D eigenvalue weighted by Gasteiger charge is -2.32. The van der Waals surface area contributed by atoms with Crippen molar-refractivity contribution in [3.8, 4) is 0 Å². The van der Waals surface area contributed by atoms with E-state index in [-0.39, 0.29) is 5.78 Å². The number of unbranched alkanes of at least 4 members (excludes halogenated alkanes) is 1. The molecule has 1 fully saturated rings. The van der Waals surface area contributed by atoms with E-state index in [9.17, 15) is 4.79 Å². The van der Waals surface area contributed by atoms with E-state index in [1.54, 1.807) is 7.11 Å². The van der Waals surface area contributed by atoms with Gasteiger partial charge in [-0.05, 0) is 62.8 Å². The summed E-state index contributed by atoms with van der Waals surface area (Å²) in [6.45, 7) is 12.4. The number of methoxy groups -OCH3 is 1. The van der Waals surface area contributed by atoms with Crippen LogP contribution in [0.5, 0.6) is 0 Å². The Bertz CT molecular complexity index is 631. The Balaban J connectivity index is 1.88. The van der Waals surface area contributed by atoms with Crippen LogP contribution in [0.4, 0.5) is 0 Å². The van der Waals surface area contributed by atoms with E-state index in [0.29, 0.717) is 12.5 Å². The molecule has 0 spiro atoms. The quantitative estimate of drug-likeness (QED) is 0.358. The number of rotatable bonds is 14. The van der Waals surface area contributed by atoms with E-state index in [4.69, 9.17) is 9.47 Å². The van der Waals surface area contributed by atoms with Gasteiger partial charge < -0.3 is 19.3 Å². The molecule has 5 heteroatoms. The minimum Gasteiger partial charge on any atom is -0.497 e. The second kappa shape index (κ2) is 14.5. The molecule has 0 aromatic rings. The number of ether oxygens (including phenoxy) is 2. The zero-order chi connectivity index (χ0) is 22.5. The Morgan fingerprint density at radius 3 is 2.55 bits per heavy atom. The van der Waals surface area contributed by atoms with E-state index in [2.05, 4.69) is 48.9 Å². The smallest absolute Gasteiger partial charge is 0.164 e. The van der Waals surface area contributed by atoms with Crippen molar-refractivity contribution in [2.24, 2.45) is 0 Å². The number of hydrogen-bond acceptors (Lipinski definition) is 5. The number of likely N-dealkylation sites (tertiary alicyclic amines) is 1. The molecule has 0 N–H and O–H groups in total. The molecule has 0 atom stereocenters. The monoisotopic (exact) mass is 432 g/mol. The number of piperidine rings is 1. The molecule has 0 saturated carbocycles. The van der Waals surface area contributed by atoms with Gasteiger partial charge in [0, 0.05) is 51.0 Å². The highest BCUT2D eigenvalue weighted by Gasteiger charge is 2.24. The van der Waals surface area contributed by atoms with Gasteiger partial charge in [-0.25, -0.2) is 0 Å². The average Bonchev–Trinajstić information content (AvgIpc) is 3.19. The zero-order valence-corrected chi connectivity index (χ0v) is 20.3. The van der Waals surface area contributed by atoms with Crippen LogP contribution in [0.25, 0.3) is 0 Å². The SMILES string of the molecule is CC/C=C(\C=C1/CN(CCCN2CCC(OCCC)CC2)C=C1C(=O)CCCC)OC. The standard InChI is InChI=1S/C26H44N2O3/c1-5-8-11-26(29)25-21-28(20-22(25)19-24(30-4)10-6-2)15-9-14-27-16-12-23(13-17-27)31-18-7-3/h10,19,21,23H,5-9,11-18,20H2,1-4H3/b22-19+,24-10+. The Hall–Kier alpha value is -1.59. The van der Waals surface area contributed by atoms with Crippen LogP contribution < -0.4 is 0 Å². The number of nitrogens with zero attached hydrogens (tertiary/aromatic N) is 2. The molecular formula is C26H44N2O3. The van der Waals surface area contributed by atoms with Crippen LogP contribution in [0.2, 0.25) is 0 Å². The van der Waals surface area contributed by atoms with Crippen LogP contribution in [0.15, 0.2) is 35.3 Å². The van der Waals surface area contributed by atoms with Crippen molar-refractivity contribution >= 4 is 5.78 Å². The van der Waals surface area contributed by atoms with E-state index in [1.807, 2.05) is 0 Å². The van der Waals surface area contributed by atoms with E-state index in [0.717, 1.165) is 101 Å². The molecule has 0 bridgehead atoms. The predicted molar refractivity (Wildman–Crippen MR) is 128 cm³/mol. The topological polar surface area (TPSA) is 42.0 Å². The molecule has 5 nitrogen and oxygen atoms in total. The highest BCUT2D eigenvalue weighted by Crippen LogP contribution is 2.26. The number of carbonyl (C=O) groups is 1. The third-order valence-electron chi connectivity index (χ3n) is 6.06. The van der Waals surface area contributed by atoms with Crippen molar-refractivity contribution < 1.29 is 14.3 Å².